The van der Waals surface area contributed by atoms with Crippen molar-refractivity contribution in [1.29, 1.82) is 0 Å². The summed E-state index contributed by atoms with van der Waals surface area (Å²) < 4.78 is 26.8. The van der Waals surface area contributed by atoms with Gasteiger partial charge < -0.3 is 5.11 Å². The molecule has 0 aromatic rings. The van der Waals surface area contributed by atoms with Crippen LogP contribution in [0.15, 0.2) is 0 Å². The highest BCUT2D eigenvalue weighted by atomic mass is 35.5. The van der Waals surface area contributed by atoms with E-state index in [0.717, 1.165) is 4.42 Å². The van der Waals surface area contributed by atoms with Gasteiger partial charge in [0.25, 0.3) is 5.92 Å². The minimum absolute atomic E-state index is 0.135. The van der Waals surface area contributed by atoms with Crippen molar-refractivity contribution < 1.29 is 18.7 Å². The largest absolute Gasteiger partial charge is 0.481 e. The van der Waals surface area contributed by atoms with Gasteiger partial charge in [0.15, 0.2) is 0 Å². The minimum Gasteiger partial charge on any atom is -0.481 e. The van der Waals surface area contributed by atoms with E-state index in [-0.39, 0.29) is 18.8 Å². The van der Waals surface area contributed by atoms with Gasteiger partial charge >= 0.3 is 5.97 Å². The van der Waals surface area contributed by atoms with Gasteiger partial charge in [0.05, 0.1) is 6.54 Å². The molecule has 2 atom stereocenters. The number of carboxylic acid groups (broad SMARTS) is 1. The van der Waals surface area contributed by atoms with E-state index < -0.39 is 24.5 Å². The number of hydrogen-bond acceptors (Lipinski definition) is 2. The number of carboxylic acids is 1. The second-order valence-electron chi connectivity index (χ2n) is 3.76. The van der Waals surface area contributed by atoms with Crippen LogP contribution in [0.25, 0.3) is 0 Å². The van der Waals surface area contributed by atoms with E-state index in [1.165, 1.54) is 0 Å². The third-order valence-corrected chi connectivity index (χ3v) is 2.77. The first-order chi connectivity index (χ1) is 6.32. The van der Waals surface area contributed by atoms with Crippen LogP contribution < -0.4 is 0 Å². The average Bonchev–Trinajstić information content (AvgIpc) is 2.23. The number of aliphatic carboxylic acids is 1. The molecule has 1 rings (SSSR count). The van der Waals surface area contributed by atoms with Crippen molar-refractivity contribution in [3.8, 4) is 0 Å². The fourth-order valence-electron chi connectivity index (χ4n) is 1.70. The Morgan fingerprint density at radius 1 is 1.79 bits per heavy atom. The molecule has 0 saturated carbocycles. The van der Waals surface area contributed by atoms with Gasteiger partial charge in [0.2, 0.25) is 0 Å². The molecular formula is C8H12ClF2NO2. The molecule has 1 fully saturated rings. The van der Waals surface area contributed by atoms with Crippen LogP contribution in [0.3, 0.4) is 0 Å². The topological polar surface area (TPSA) is 40.5 Å². The summed E-state index contributed by atoms with van der Waals surface area (Å²) in [5.74, 6) is -4.14. The van der Waals surface area contributed by atoms with Crippen molar-refractivity contribution in [2.24, 2.45) is 5.92 Å². The summed E-state index contributed by atoms with van der Waals surface area (Å²) in [6, 6.07) is -0.553. The van der Waals surface area contributed by atoms with E-state index in [1.54, 1.807) is 6.92 Å². The number of carbonyl (C=O) groups is 1. The smallest absolute Gasteiger partial charge is 0.303 e. The molecule has 1 heterocycles. The highest BCUT2D eigenvalue weighted by Gasteiger charge is 2.46. The van der Waals surface area contributed by atoms with E-state index >= 15 is 0 Å². The molecule has 0 aliphatic carbocycles. The molecule has 0 aromatic heterocycles. The number of halogens is 3. The van der Waals surface area contributed by atoms with E-state index in [9.17, 15) is 13.6 Å². The molecule has 82 valence electrons. The zero-order chi connectivity index (χ0) is 10.9. The fraction of sp³-hybridized carbons (Fsp3) is 0.875. The zero-order valence-electron chi connectivity index (χ0n) is 7.71. The Balaban J connectivity index is 2.57. The number of nitrogens with zero attached hydrogens (tertiary/aromatic N) is 1. The van der Waals surface area contributed by atoms with Crippen molar-refractivity contribution in [1.82, 2.24) is 4.42 Å². The van der Waals surface area contributed by atoms with Crippen molar-refractivity contribution in [3.05, 3.63) is 0 Å². The Hall–Kier alpha value is -0.420. The summed E-state index contributed by atoms with van der Waals surface area (Å²) in [6.45, 7) is 1.12. The maximum Gasteiger partial charge on any atom is 0.303 e. The molecule has 1 aliphatic heterocycles. The Morgan fingerprint density at radius 3 is 2.71 bits per heavy atom. The molecule has 1 N–H and O–H groups in total. The van der Waals surface area contributed by atoms with Crippen LogP contribution in [-0.4, -0.2) is 34.0 Å². The molecule has 0 bridgehead atoms. The van der Waals surface area contributed by atoms with Gasteiger partial charge in [0.1, 0.15) is 0 Å². The van der Waals surface area contributed by atoms with Gasteiger partial charge in [-0.05, 0) is 17.7 Å². The monoisotopic (exact) mass is 227 g/mol. The van der Waals surface area contributed by atoms with Crippen molar-refractivity contribution >= 4 is 17.7 Å². The molecule has 3 nitrogen and oxygen atoms in total. The molecule has 0 amide bonds. The Kier molecular flexibility index (Phi) is 3.32. The lowest BCUT2D eigenvalue weighted by atomic mass is 9.96. The third kappa shape index (κ3) is 2.78. The SMILES string of the molecule is CC(CC(=O)O)[C@@H]1CC(F)(F)CN1Cl. The second kappa shape index (κ2) is 3.98. The second-order valence-corrected chi connectivity index (χ2v) is 4.19. The molecule has 0 aromatic carbocycles. The number of rotatable bonds is 3. The highest BCUT2D eigenvalue weighted by Crippen LogP contribution is 2.37. The molecular weight excluding hydrogens is 216 g/mol. The Labute approximate surface area is 85.7 Å². The van der Waals surface area contributed by atoms with E-state index in [4.69, 9.17) is 16.9 Å². The average molecular weight is 228 g/mol. The van der Waals surface area contributed by atoms with E-state index in [2.05, 4.69) is 0 Å². The molecule has 14 heavy (non-hydrogen) atoms. The minimum atomic E-state index is -2.79. The van der Waals surface area contributed by atoms with Crippen molar-refractivity contribution in [2.45, 2.75) is 31.7 Å². The summed E-state index contributed by atoms with van der Waals surface area (Å²) in [4.78, 5) is 10.4. The van der Waals surface area contributed by atoms with Gasteiger partial charge in [-0.1, -0.05) is 6.92 Å². The molecule has 1 aliphatic rings. The van der Waals surface area contributed by atoms with Crippen LogP contribution in [0.5, 0.6) is 0 Å². The maximum absolute atomic E-state index is 12.9. The number of hydrogen-bond donors (Lipinski definition) is 1. The predicted molar refractivity (Wildman–Crippen MR) is 47.3 cm³/mol. The van der Waals surface area contributed by atoms with Crippen LogP contribution in [0, 0.1) is 5.92 Å². The molecule has 0 radical (unpaired) electrons. The first-order valence-corrected chi connectivity index (χ1v) is 4.68. The fourth-order valence-corrected chi connectivity index (χ4v) is 2.13. The standard InChI is InChI=1S/C8H12ClF2NO2/c1-5(2-7(13)14)6-3-8(10,11)4-12(6)9/h5-6H,2-4H2,1H3,(H,13,14)/t5?,6-/m0/s1. The molecule has 0 spiro atoms. The van der Waals surface area contributed by atoms with E-state index in [0.29, 0.717) is 0 Å². The van der Waals surface area contributed by atoms with Gasteiger partial charge in [-0.25, -0.2) is 13.2 Å². The zero-order valence-corrected chi connectivity index (χ0v) is 8.47. The lowest BCUT2D eigenvalue weighted by molar-refractivity contribution is -0.138. The van der Waals surface area contributed by atoms with Crippen LogP contribution in [0.1, 0.15) is 19.8 Å². The highest BCUT2D eigenvalue weighted by molar-refractivity contribution is 6.13. The van der Waals surface area contributed by atoms with Crippen LogP contribution in [-0.2, 0) is 4.79 Å². The van der Waals surface area contributed by atoms with Gasteiger partial charge in [-0.3, -0.25) is 4.79 Å². The Bertz CT molecular complexity index is 237. The van der Waals surface area contributed by atoms with E-state index in [1.807, 2.05) is 0 Å². The summed E-state index contributed by atoms with van der Waals surface area (Å²) in [6.07, 6.45) is -0.491. The lowest BCUT2D eigenvalue weighted by Crippen LogP contribution is -2.28. The lowest BCUT2D eigenvalue weighted by Gasteiger charge is -2.21. The normalized spacial score (nSPS) is 29.0. The van der Waals surface area contributed by atoms with Crippen LogP contribution in [0.2, 0.25) is 0 Å². The quantitative estimate of drug-likeness (QED) is 0.750. The van der Waals surface area contributed by atoms with Crippen LogP contribution >= 0.6 is 11.8 Å². The third-order valence-electron chi connectivity index (χ3n) is 2.40. The Morgan fingerprint density at radius 2 is 2.36 bits per heavy atom. The first-order valence-electron chi connectivity index (χ1n) is 4.34. The molecule has 6 heteroatoms. The van der Waals surface area contributed by atoms with Gasteiger partial charge in [-0.15, -0.1) is 0 Å². The maximum atomic E-state index is 12.9. The van der Waals surface area contributed by atoms with Gasteiger partial charge in [-0.2, -0.15) is 0 Å². The predicted octanol–water partition coefficient (Wildman–Crippen LogP) is 1.96. The first kappa shape index (κ1) is 11.7. The summed E-state index contributed by atoms with van der Waals surface area (Å²) >= 11 is 5.60. The van der Waals surface area contributed by atoms with Gasteiger partial charge in [0, 0.05) is 18.9 Å². The summed E-state index contributed by atoms with van der Waals surface area (Å²) in [7, 11) is 0. The van der Waals surface area contributed by atoms with Crippen LogP contribution in [0.4, 0.5) is 8.78 Å². The number of alkyl halides is 2. The molecule has 1 unspecified atom stereocenters. The summed E-state index contributed by atoms with van der Waals surface area (Å²) in [5.41, 5.74) is 0. The van der Waals surface area contributed by atoms with Crippen molar-refractivity contribution in [2.75, 3.05) is 6.54 Å². The molecule has 1 saturated heterocycles. The summed E-state index contributed by atoms with van der Waals surface area (Å²) in [5, 5.41) is 8.51. The van der Waals surface area contributed by atoms with Crippen molar-refractivity contribution in [3.63, 3.8) is 0 Å².